The number of ether oxygens (including phenoxy) is 1. The van der Waals surface area contributed by atoms with Crippen molar-refractivity contribution in [1.29, 1.82) is 0 Å². The molecule has 2 amide bonds. The number of hydroxylamine groups is 1. The van der Waals surface area contributed by atoms with Crippen LogP contribution >= 0.6 is 0 Å². The van der Waals surface area contributed by atoms with E-state index in [0.29, 0.717) is 6.42 Å². The molecule has 0 radical (unpaired) electrons. The van der Waals surface area contributed by atoms with Crippen LogP contribution in [-0.4, -0.2) is 28.2 Å². The first-order valence-electron chi connectivity index (χ1n) is 12.3. The number of aromatic nitrogens is 1. The van der Waals surface area contributed by atoms with Gasteiger partial charge >= 0.3 is 6.09 Å². The smallest absolute Gasteiger partial charge is 0.408 e. The van der Waals surface area contributed by atoms with E-state index in [9.17, 15) is 9.59 Å². The zero-order chi connectivity index (χ0) is 25.3. The molecule has 2 aromatic carbocycles. The maximum atomic E-state index is 13.1. The van der Waals surface area contributed by atoms with Crippen LogP contribution in [0.25, 0.3) is 10.9 Å². The van der Waals surface area contributed by atoms with E-state index in [1.807, 2.05) is 42.5 Å². The van der Waals surface area contributed by atoms with Crippen LogP contribution in [0.1, 0.15) is 58.1 Å². The molecule has 2 N–H and O–H groups in total. The average molecular weight is 480 g/mol. The van der Waals surface area contributed by atoms with E-state index in [0.717, 1.165) is 47.8 Å². The van der Waals surface area contributed by atoms with E-state index < -0.39 is 23.6 Å². The number of alkyl carbamates (subject to hydrolysis) is 1. The highest BCUT2D eigenvalue weighted by Gasteiger charge is 2.26. The van der Waals surface area contributed by atoms with Crippen LogP contribution in [0.2, 0.25) is 0 Å². The Morgan fingerprint density at radius 2 is 1.71 bits per heavy atom. The van der Waals surface area contributed by atoms with Crippen molar-refractivity contribution in [3.8, 4) is 0 Å². The lowest BCUT2D eigenvalue weighted by Crippen LogP contribution is -2.49. The van der Waals surface area contributed by atoms with Crippen molar-refractivity contribution in [1.82, 2.24) is 15.4 Å². The molecule has 0 spiro atoms. The SMILES string of the molecule is CCCCCn1cc(CC(NC(=O)OC(C)(C)C)C(=O)NOCc2ccccc2)c2ccccc21. The zero-order valence-corrected chi connectivity index (χ0v) is 21.2. The van der Waals surface area contributed by atoms with E-state index >= 15 is 0 Å². The molecular weight excluding hydrogens is 442 g/mol. The van der Waals surface area contributed by atoms with Crippen molar-refractivity contribution < 1.29 is 19.2 Å². The molecule has 3 aromatic rings. The number of benzene rings is 2. The number of amides is 2. The average Bonchev–Trinajstić information content (AvgIpc) is 3.16. The number of nitrogens with zero attached hydrogens (tertiary/aromatic N) is 1. The Labute approximate surface area is 207 Å². The Kier molecular flexibility index (Phi) is 9.32. The van der Waals surface area contributed by atoms with E-state index in [1.54, 1.807) is 20.8 Å². The maximum Gasteiger partial charge on any atom is 0.408 e. The molecule has 7 heteroatoms. The van der Waals surface area contributed by atoms with Crippen LogP contribution < -0.4 is 10.8 Å². The highest BCUT2D eigenvalue weighted by Crippen LogP contribution is 2.23. The van der Waals surface area contributed by atoms with Gasteiger partial charge in [-0.05, 0) is 44.4 Å². The second-order valence-electron chi connectivity index (χ2n) is 9.72. The maximum absolute atomic E-state index is 13.1. The lowest BCUT2D eigenvalue weighted by atomic mass is 10.0. The molecule has 0 aliphatic carbocycles. The third-order valence-corrected chi connectivity index (χ3v) is 5.56. The Morgan fingerprint density at radius 1 is 1.00 bits per heavy atom. The highest BCUT2D eigenvalue weighted by molar-refractivity contribution is 5.88. The van der Waals surface area contributed by atoms with Crippen molar-refractivity contribution in [2.24, 2.45) is 0 Å². The molecule has 1 unspecified atom stereocenters. The van der Waals surface area contributed by atoms with Crippen molar-refractivity contribution in [2.75, 3.05) is 0 Å². The highest BCUT2D eigenvalue weighted by atomic mass is 16.7. The molecule has 188 valence electrons. The first-order chi connectivity index (χ1) is 16.8. The van der Waals surface area contributed by atoms with Crippen LogP contribution in [0.5, 0.6) is 0 Å². The Hall–Kier alpha value is -3.32. The van der Waals surface area contributed by atoms with Crippen molar-refractivity contribution in [2.45, 2.75) is 78.2 Å². The minimum Gasteiger partial charge on any atom is -0.444 e. The molecule has 1 heterocycles. The van der Waals surface area contributed by atoms with Gasteiger partial charge in [-0.1, -0.05) is 68.3 Å². The number of carbonyl (C=O) groups excluding carboxylic acids is 2. The van der Waals surface area contributed by atoms with Gasteiger partial charge in [-0.25, -0.2) is 10.3 Å². The standard InChI is InChI=1S/C28H37N3O4/c1-5-6-12-17-31-19-22(23-15-10-11-16-25(23)31)18-24(29-27(33)35-28(2,3)4)26(32)30-34-20-21-13-8-7-9-14-21/h7-11,13-16,19,24H,5-6,12,17-18,20H2,1-4H3,(H,29,33)(H,30,32). The van der Waals surface area contributed by atoms with Gasteiger partial charge in [0.2, 0.25) is 0 Å². The molecule has 0 aliphatic heterocycles. The van der Waals surface area contributed by atoms with Gasteiger partial charge in [-0.3, -0.25) is 9.63 Å². The molecule has 7 nitrogen and oxygen atoms in total. The van der Waals surface area contributed by atoms with Gasteiger partial charge in [0.1, 0.15) is 11.6 Å². The monoisotopic (exact) mass is 479 g/mol. The third kappa shape index (κ3) is 8.14. The van der Waals surface area contributed by atoms with Crippen LogP contribution in [0.4, 0.5) is 4.79 Å². The van der Waals surface area contributed by atoms with Crippen molar-refractivity contribution in [3.63, 3.8) is 0 Å². The first kappa shape index (κ1) is 26.3. The number of rotatable bonds is 11. The number of nitrogens with one attached hydrogen (secondary N) is 2. The molecule has 0 saturated carbocycles. The summed E-state index contributed by atoms with van der Waals surface area (Å²) in [4.78, 5) is 31.1. The van der Waals surface area contributed by atoms with Gasteiger partial charge in [-0.2, -0.15) is 0 Å². The molecule has 3 rings (SSSR count). The molecule has 0 fully saturated rings. The summed E-state index contributed by atoms with van der Waals surface area (Å²) in [6, 6.07) is 16.8. The van der Waals surface area contributed by atoms with E-state index in [2.05, 4.69) is 40.6 Å². The summed E-state index contributed by atoms with van der Waals surface area (Å²) in [5.74, 6) is -0.436. The van der Waals surface area contributed by atoms with Gasteiger partial charge in [0.25, 0.3) is 5.91 Å². The Bertz CT molecular complexity index is 1100. The quantitative estimate of drug-likeness (QED) is 0.280. The minimum atomic E-state index is -0.865. The second-order valence-corrected chi connectivity index (χ2v) is 9.72. The molecule has 0 bridgehead atoms. The van der Waals surface area contributed by atoms with Crippen LogP contribution in [0, 0.1) is 0 Å². The molecule has 1 aromatic heterocycles. The topological polar surface area (TPSA) is 81.6 Å². The van der Waals surface area contributed by atoms with Gasteiger partial charge in [0, 0.05) is 30.1 Å². The summed E-state index contributed by atoms with van der Waals surface area (Å²) in [5.41, 5.74) is 4.86. The number of hydrogen-bond acceptors (Lipinski definition) is 4. The molecule has 0 saturated heterocycles. The van der Waals surface area contributed by atoms with Crippen LogP contribution in [0.3, 0.4) is 0 Å². The fraction of sp³-hybridized carbons (Fsp3) is 0.429. The Morgan fingerprint density at radius 3 is 2.43 bits per heavy atom. The number of unbranched alkanes of at least 4 members (excludes halogenated alkanes) is 2. The normalized spacial score (nSPS) is 12.3. The lowest BCUT2D eigenvalue weighted by Gasteiger charge is -2.23. The fourth-order valence-electron chi connectivity index (χ4n) is 3.92. The molecule has 0 aliphatic rings. The first-order valence-corrected chi connectivity index (χ1v) is 12.3. The largest absolute Gasteiger partial charge is 0.444 e. The summed E-state index contributed by atoms with van der Waals surface area (Å²) in [6.07, 6.45) is 5.14. The zero-order valence-electron chi connectivity index (χ0n) is 21.2. The van der Waals surface area contributed by atoms with Crippen molar-refractivity contribution in [3.05, 3.63) is 71.9 Å². The predicted molar refractivity (Wildman–Crippen MR) is 138 cm³/mol. The predicted octanol–water partition coefficient (Wildman–Crippen LogP) is 5.52. The van der Waals surface area contributed by atoms with Crippen LogP contribution in [-0.2, 0) is 33.9 Å². The van der Waals surface area contributed by atoms with Gasteiger partial charge in [-0.15, -0.1) is 0 Å². The number of para-hydroxylation sites is 1. The number of carbonyl (C=O) groups is 2. The van der Waals surface area contributed by atoms with Gasteiger partial charge in [0.05, 0.1) is 6.61 Å². The van der Waals surface area contributed by atoms with E-state index in [-0.39, 0.29) is 6.61 Å². The van der Waals surface area contributed by atoms with E-state index in [4.69, 9.17) is 9.57 Å². The molecular formula is C28H37N3O4. The molecule has 35 heavy (non-hydrogen) atoms. The van der Waals surface area contributed by atoms with E-state index in [1.165, 1.54) is 0 Å². The lowest BCUT2D eigenvalue weighted by molar-refractivity contribution is -0.136. The van der Waals surface area contributed by atoms with Gasteiger partial charge in [0.15, 0.2) is 0 Å². The summed E-state index contributed by atoms with van der Waals surface area (Å²) < 4.78 is 7.64. The van der Waals surface area contributed by atoms with Gasteiger partial charge < -0.3 is 14.6 Å². The number of fused-ring (bicyclic) bond motifs is 1. The number of aryl methyl sites for hydroxylation is 1. The molecule has 1 atom stereocenters. The summed E-state index contributed by atoms with van der Waals surface area (Å²) in [5, 5.41) is 3.80. The summed E-state index contributed by atoms with van der Waals surface area (Å²) >= 11 is 0. The fourth-order valence-corrected chi connectivity index (χ4v) is 3.92. The third-order valence-electron chi connectivity index (χ3n) is 5.56. The van der Waals surface area contributed by atoms with Crippen molar-refractivity contribution >= 4 is 22.9 Å². The number of hydrogen-bond donors (Lipinski definition) is 2. The van der Waals surface area contributed by atoms with Crippen LogP contribution in [0.15, 0.2) is 60.8 Å². The summed E-state index contributed by atoms with van der Waals surface area (Å²) in [6.45, 7) is 8.68. The second kappa shape index (κ2) is 12.4. The summed E-state index contributed by atoms with van der Waals surface area (Å²) in [7, 11) is 0. The minimum absolute atomic E-state index is 0.225. The Balaban J connectivity index is 1.77.